The zero-order chi connectivity index (χ0) is 9.47. The van der Waals surface area contributed by atoms with Gasteiger partial charge >= 0.3 is 0 Å². The number of hydrogen-bond acceptors (Lipinski definition) is 2. The van der Waals surface area contributed by atoms with Gasteiger partial charge < -0.3 is 4.90 Å². The molecule has 0 aromatic rings. The van der Waals surface area contributed by atoms with Crippen LogP contribution >= 0.6 is 11.8 Å². The molecule has 74 valence electrons. The van der Waals surface area contributed by atoms with Gasteiger partial charge in [-0.05, 0) is 31.4 Å². The summed E-state index contributed by atoms with van der Waals surface area (Å²) in [5, 5.41) is 0. The van der Waals surface area contributed by atoms with Crippen molar-refractivity contribution in [1.82, 2.24) is 4.90 Å². The Kier molecular flexibility index (Phi) is 2.30. The molecule has 0 N–H and O–H groups in total. The van der Waals surface area contributed by atoms with Crippen molar-refractivity contribution in [2.45, 2.75) is 30.9 Å². The average molecular weight is 199 g/mol. The summed E-state index contributed by atoms with van der Waals surface area (Å²) >= 11 is 1.75. The number of carbonyl (C=O) groups excluding carboxylic acids is 1. The van der Waals surface area contributed by atoms with Crippen molar-refractivity contribution < 1.29 is 4.79 Å². The molecule has 13 heavy (non-hydrogen) atoms. The second-order valence-electron chi connectivity index (χ2n) is 4.37. The lowest BCUT2D eigenvalue weighted by molar-refractivity contribution is -0.142. The van der Waals surface area contributed by atoms with Crippen molar-refractivity contribution in [1.29, 1.82) is 0 Å². The first-order valence-corrected chi connectivity index (χ1v) is 6.25. The van der Waals surface area contributed by atoms with Crippen LogP contribution in [0.1, 0.15) is 26.2 Å². The Labute approximate surface area is 84.1 Å². The Balaban J connectivity index is 1.96. The van der Waals surface area contributed by atoms with Gasteiger partial charge in [0.15, 0.2) is 0 Å². The van der Waals surface area contributed by atoms with E-state index in [9.17, 15) is 4.79 Å². The fraction of sp³-hybridized carbons (Fsp3) is 0.900. The topological polar surface area (TPSA) is 20.3 Å². The third-order valence-electron chi connectivity index (χ3n) is 3.29. The first kappa shape index (κ1) is 9.38. The molecular formula is C10H17NOS. The highest BCUT2D eigenvalue weighted by molar-refractivity contribution is 8.00. The molecule has 0 bridgehead atoms. The van der Waals surface area contributed by atoms with E-state index < -0.39 is 0 Å². The molecule has 3 heteroatoms. The van der Waals surface area contributed by atoms with Crippen LogP contribution in [0.25, 0.3) is 0 Å². The molecule has 0 spiro atoms. The molecule has 0 aromatic heterocycles. The molecule has 2 nitrogen and oxygen atoms in total. The van der Waals surface area contributed by atoms with E-state index in [1.165, 1.54) is 6.42 Å². The van der Waals surface area contributed by atoms with E-state index in [0.717, 1.165) is 31.8 Å². The molecule has 0 atom stereocenters. The third kappa shape index (κ3) is 1.37. The molecule has 1 aliphatic carbocycles. The van der Waals surface area contributed by atoms with Crippen molar-refractivity contribution >= 4 is 17.7 Å². The van der Waals surface area contributed by atoms with Gasteiger partial charge in [0.25, 0.3) is 0 Å². The number of thioether (sulfide) groups is 1. The maximum atomic E-state index is 12.0. The van der Waals surface area contributed by atoms with Crippen LogP contribution in [0.4, 0.5) is 0 Å². The Morgan fingerprint density at radius 1 is 1.46 bits per heavy atom. The number of rotatable bonds is 2. The van der Waals surface area contributed by atoms with Crippen molar-refractivity contribution in [2.75, 3.05) is 19.3 Å². The molecule has 2 fully saturated rings. The predicted octanol–water partition coefficient (Wildman–Crippen LogP) is 1.75. The highest BCUT2D eigenvalue weighted by Gasteiger charge is 2.47. The summed E-state index contributed by atoms with van der Waals surface area (Å²) in [5.74, 6) is 1.13. The Bertz CT molecular complexity index is 213. The van der Waals surface area contributed by atoms with Gasteiger partial charge in [-0.1, -0.05) is 6.92 Å². The molecule has 1 saturated carbocycles. The molecule has 1 amide bonds. The van der Waals surface area contributed by atoms with Gasteiger partial charge in [-0.3, -0.25) is 4.79 Å². The monoisotopic (exact) mass is 199 g/mol. The van der Waals surface area contributed by atoms with E-state index >= 15 is 0 Å². The fourth-order valence-corrected chi connectivity index (χ4v) is 3.16. The van der Waals surface area contributed by atoms with Crippen LogP contribution in [-0.2, 0) is 4.79 Å². The molecular weight excluding hydrogens is 182 g/mol. The van der Waals surface area contributed by atoms with E-state index in [4.69, 9.17) is 0 Å². The van der Waals surface area contributed by atoms with Crippen molar-refractivity contribution in [2.24, 2.45) is 5.92 Å². The minimum atomic E-state index is -0.0137. The predicted molar refractivity (Wildman–Crippen MR) is 55.8 cm³/mol. The average Bonchev–Trinajstić information content (AvgIpc) is 1.97. The number of amides is 1. The van der Waals surface area contributed by atoms with Crippen molar-refractivity contribution in [3.8, 4) is 0 Å². The zero-order valence-electron chi connectivity index (χ0n) is 8.38. The second kappa shape index (κ2) is 3.19. The van der Waals surface area contributed by atoms with E-state index in [0.29, 0.717) is 5.91 Å². The molecule has 1 aliphatic heterocycles. The maximum absolute atomic E-state index is 12.0. The summed E-state index contributed by atoms with van der Waals surface area (Å²) in [7, 11) is 0. The van der Waals surface area contributed by atoms with E-state index in [2.05, 4.69) is 13.2 Å². The Morgan fingerprint density at radius 2 is 2.08 bits per heavy atom. The minimum absolute atomic E-state index is 0.0137. The number of likely N-dealkylation sites (tertiary alicyclic amines) is 1. The third-order valence-corrected chi connectivity index (χ3v) is 4.66. The molecule has 0 radical (unpaired) electrons. The lowest BCUT2D eigenvalue weighted by atomic mass is 9.82. The van der Waals surface area contributed by atoms with Crippen LogP contribution < -0.4 is 0 Å². The van der Waals surface area contributed by atoms with Crippen molar-refractivity contribution in [3.05, 3.63) is 0 Å². The number of nitrogens with zero attached hydrogens (tertiary/aromatic N) is 1. The summed E-state index contributed by atoms with van der Waals surface area (Å²) in [5.41, 5.74) is 0. The van der Waals surface area contributed by atoms with Gasteiger partial charge in [-0.15, -0.1) is 11.8 Å². The summed E-state index contributed by atoms with van der Waals surface area (Å²) in [6.45, 7) is 4.18. The highest BCUT2D eigenvalue weighted by Crippen LogP contribution is 2.45. The number of hydrogen-bond donors (Lipinski definition) is 0. The zero-order valence-corrected chi connectivity index (χ0v) is 9.19. The quantitative estimate of drug-likeness (QED) is 0.675. The molecule has 0 unspecified atom stereocenters. The molecule has 1 heterocycles. The first-order valence-electron chi connectivity index (χ1n) is 5.02. The second-order valence-corrected chi connectivity index (χ2v) is 5.56. The van der Waals surface area contributed by atoms with E-state index in [1.807, 2.05) is 4.90 Å². The molecule has 2 aliphatic rings. The van der Waals surface area contributed by atoms with Gasteiger partial charge in [0.05, 0.1) is 4.75 Å². The Hall–Kier alpha value is -0.180. The molecule has 1 saturated heterocycles. The summed E-state index contributed by atoms with van der Waals surface area (Å²) in [6, 6.07) is 0. The van der Waals surface area contributed by atoms with E-state index in [-0.39, 0.29) is 4.75 Å². The SMILES string of the molecule is CSC1(C(=O)N2CC(C)C2)CCC1. The van der Waals surface area contributed by atoms with E-state index in [1.54, 1.807) is 11.8 Å². The van der Waals surface area contributed by atoms with Crippen LogP contribution in [0, 0.1) is 5.92 Å². The Morgan fingerprint density at radius 3 is 2.38 bits per heavy atom. The summed E-state index contributed by atoms with van der Waals surface area (Å²) in [6.07, 6.45) is 5.49. The minimum Gasteiger partial charge on any atom is -0.341 e. The van der Waals surface area contributed by atoms with Gasteiger partial charge in [-0.2, -0.15) is 0 Å². The van der Waals surface area contributed by atoms with Crippen LogP contribution in [0.15, 0.2) is 0 Å². The summed E-state index contributed by atoms with van der Waals surface area (Å²) < 4.78 is -0.0137. The normalized spacial score (nSPS) is 26.5. The van der Waals surface area contributed by atoms with Crippen LogP contribution in [-0.4, -0.2) is 34.9 Å². The summed E-state index contributed by atoms with van der Waals surface area (Å²) in [4.78, 5) is 14.0. The highest BCUT2D eigenvalue weighted by atomic mass is 32.2. The van der Waals surface area contributed by atoms with Crippen molar-refractivity contribution in [3.63, 3.8) is 0 Å². The van der Waals surface area contributed by atoms with Gasteiger partial charge in [0.2, 0.25) is 5.91 Å². The van der Waals surface area contributed by atoms with Gasteiger partial charge in [0, 0.05) is 13.1 Å². The largest absolute Gasteiger partial charge is 0.341 e. The van der Waals surface area contributed by atoms with Gasteiger partial charge in [-0.25, -0.2) is 0 Å². The van der Waals surface area contributed by atoms with Crippen LogP contribution in [0.2, 0.25) is 0 Å². The molecule has 2 rings (SSSR count). The molecule has 0 aromatic carbocycles. The van der Waals surface area contributed by atoms with Gasteiger partial charge in [0.1, 0.15) is 0 Å². The smallest absolute Gasteiger partial charge is 0.238 e. The standard InChI is InChI=1S/C10H17NOS/c1-8-6-11(7-8)9(12)10(13-2)4-3-5-10/h8H,3-7H2,1-2H3. The first-order chi connectivity index (χ1) is 6.18. The number of carbonyl (C=O) groups is 1. The van der Waals surface area contributed by atoms with Crippen LogP contribution in [0.5, 0.6) is 0 Å². The van der Waals surface area contributed by atoms with Crippen LogP contribution in [0.3, 0.4) is 0 Å². The lowest BCUT2D eigenvalue weighted by Gasteiger charge is -2.47. The maximum Gasteiger partial charge on any atom is 0.238 e. The lowest BCUT2D eigenvalue weighted by Crippen LogP contribution is -2.58. The fourth-order valence-electron chi connectivity index (χ4n) is 2.16.